The summed E-state index contributed by atoms with van der Waals surface area (Å²) in [4.78, 5) is 11.5. The molecule has 2 aliphatic rings. The zero-order chi connectivity index (χ0) is 14.4. The van der Waals surface area contributed by atoms with Crippen LogP contribution in [0.2, 0.25) is 0 Å². The van der Waals surface area contributed by atoms with Gasteiger partial charge >= 0.3 is 0 Å². The maximum absolute atomic E-state index is 6.13. The van der Waals surface area contributed by atoms with Gasteiger partial charge in [-0.25, -0.2) is 4.98 Å². The van der Waals surface area contributed by atoms with E-state index >= 15 is 0 Å². The molecular formula is C15H17BrN4O. The van der Waals surface area contributed by atoms with Crippen molar-refractivity contribution < 1.29 is 4.74 Å². The first-order chi connectivity index (χ1) is 10.2. The lowest BCUT2D eigenvalue weighted by Gasteiger charge is -2.42. The molecule has 2 bridgehead atoms. The zero-order valence-electron chi connectivity index (χ0n) is 11.6. The summed E-state index contributed by atoms with van der Waals surface area (Å²) in [6, 6.07) is 6.26. The molecule has 0 saturated carbocycles. The summed E-state index contributed by atoms with van der Waals surface area (Å²) < 4.78 is 6.64. The molecular weight excluding hydrogens is 332 g/mol. The smallest absolute Gasteiger partial charge is 0.228 e. The van der Waals surface area contributed by atoms with Gasteiger partial charge in [-0.05, 0) is 46.8 Å². The van der Waals surface area contributed by atoms with E-state index in [1.165, 1.54) is 0 Å². The maximum Gasteiger partial charge on any atom is 0.228 e. The Bertz CT molecular complexity index is 693. The lowest BCUT2D eigenvalue weighted by molar-refractivity contribution is 0.0221. The fraction of sp³-hybridized carbons (Fsp3) is 0.467. The molecule has 3 heterocycles. The number of para-hydroxylation sites is 1. The Morgan fingerprint density at radius 1 is 1.29 bits per heavy atom. The van der Waals surface area contributed by atoms with Crippen LogP contribution >= 0.6 is 15.9 Å². The van der Waals surface area contributed by atoms with Gasteiger partial charge < -0.3 is 15.4 Å². The summed E-state index contributed by atoms with van der Waals surface area (Å²) in [6.07, 6.45) is 2.30. The molecule has 0 aliphatic carbocycles. The Labute approximate surface area is 131 Å². The minimum absolute atomic E-state index is 0.372. The van der Waals surface area contributed by atoms with E-state index in [0.717, 1.165) is 53.9 Å². The molecule has 0 spiro atoms. The Balaban J connectivity index is 1.78. The highest BCUT2D eigenvalue weighted by molar-refractivity contribution is 9.10. The van der Waals surface area contributed by atoms with Crippen LogP contribution in [0, 0.1) is 5.92 Å². The third-order valence-electron chi connectivity index (χ3n) is 4.44. The van der Waals surface area contributed by atoms with Gasteiger partial charge in [-0.3, -0.25) is 0 Å². The maximum atomic E-state index is 6.13. The van der Waals surface area contributed by atoms with Gasteiger partial charge in [0.1, 0.15) is 5.82 Å². The summed E-state index contributed by atoms with van der Waals surface area (Å²) in [7, 11) is 0. The summed E-state index contributed by atoms with van der Waals surface area (Å²) in [6.45, 7) is 2.64. The fourth-order valence-electron chi connectivity index (χ4n) is 3.33. The molecule has 2 aromatic rings. The summed E-state index contributed by atoms with van der Waals surface area (Å²) >= 11 is 3.55. The summed E-state index contributed by atoms with van der Waals surface area (Å²) in [5.74, 6) is 1.94. The van der Waals surface area contributed by atoms with Crippen LogP contribution < -0.4 is 10.6 Å². The largest absolute Gasteiger partial charge is 0.383 e. The highest BCUT2D eigenvalue weighted by Gasteiger charge is 2.34. The van der Waals surface area contributed by atoms with E-state index in [9.17, 15) is 0 Å². The Hall–Kier alpha value is -1.40. The van der Waals surface area contributed by atoms with Crippen molar-refractivity contribution in [2.45, 2.75) is 18.9 Å². The van der Waals surface area contributed by atoms with E-state index in [0.29, 0.717) is 17.8 Å². The molecule has 1 aromatic heterocycles. The van der Waals surface area contributed by atoms with Crippen LogP contribution in [0.15, 0.2) is 22.7 Å². The third kappa shape index (κ3) is 2.26. The van der Waals surface area contributed by atoms with Gasteiger partial charge in [0.15, 0.2) is 0 Å². The predicted octanol–water partition coefficient (Wildman–Crippen LogP) is 2.59. The second-order valence-corrected chi connectivity index (χ2v) is 6.67. The number of fused-ring (bicyclic) bond motifs is 3. The number of benzene rings is 1. The number of hydrogen-bond donors (Lipinski definition) is 1. The van der Waals surface area contributed by atoms with Crippen LogP contribution in [0.25, 0.3) is 10.9 Å². The molecule has 0 radical (unpaired) electrons. The SMILES string of the molecule is Nc1nc(N2CCC3COCC2C3)nc2c(Br)cccc12. The monoisotopic (exact) mass is 348 g/mol. The van der Waals surface area contributed by atoms with Crippen LogP contribution in [0.3, 0.4) is 0 Å². The standard InChI is InChI=1S/C15H17BrN4O/c16-12-3-1-2-11-13(12)18-15(19-14(11)17)20-5-4-9-6-10(20)8-21-7-9/h1-3,9-10H,4-8H2,(H2,17,18,19). The number of ether oxygens (including phenoxy) is 1. The molecule has 21 heavy (non-hydrogen) atoms. The summed E-state index contributed by atoms with van der Waals surface area (Å²) in [5.41, 5.74) is 7.00. The normalized spacial score (nSPS) is 25.3. The number of nitrogens with zero attached hydrogens (tertiary/aromatic N) is 3. The predicted molar refractivity (Wildman–Crippen MR) is 86.3 cm³/mol. The molecule has 2 aliphatic heterocycles. The second kappa shape index (κ2) is 5.10. The molecule has 110 valence electrons. The minimum atomic E-state index is 0.372. The Morgan fingerprint density at radius 3 is 3.10 bits per heavy atom. The average Bonchev–Trinajstić information content (AvgIpc) is 2.49. The number of piperidine rings is 1. The molecule has 1 aromatic carbocycles. The van der Waals surface area contributed by atoms with E-state index in [1.54, 1.807) is 0 Å². The van der Waals surface area contributed by atoms with E-state index in [1.807, 2.05) is 18.2 Å². The van der Waals surface area contributed by atoms with Crippen molar-refractivity contribution >= 4 is 38.6 Å². The lowest BCUT2D eigenvalue weighted by atomic mass is 9.90. The Morgan fingerprint density at radius 2 is 2.19 bits per heavy atom. The molecule has 2 saturated heterocycles. The van der Waals surface area contributed by atoms with Crippen LogP contribution in [0.5, 0.6) is 0 Å². The number of rotatable bonds is 1. The highest BCUT2D eigenvalue weighted by Crippen LogP contribution is 2.33. The molecule has 2 N–H and O–H groups in total. The average molecular weight is 349 g/mol. The first kappa shape index (κ1) is 13.3. The first-order valence-electron chi connectivity index (χ1n) is 7.28. The molecule has 2 fully saturated rings. The van der Waals surface area contributed by atoms with Gasteiger partial charge in [0.2, 0.25) is 5.95 Å². The third-order valence-corrected chi connectivity index (χ3v) is 5.08. The van der Waals surface area contributed by atoms with Gasteiger partial charge in [-0.15, -0.1) is 0 Å². The van der Waals surface area contributed by atoms with Crippen molar-refractivity contribution in [3.63, 3.8) is 0 Å². The van der Waals surface area contributed by atoms with Gasteiger partial charge in [0.05, 0.1) is 18.2 Å². The quantitative estimate of drug-likeness (QED) is 0.857. The van der Waals surface area contributed by atoms with Gasteiger partial charge in [-0.2, -0.15) is 4.98 Å². The molecule has 2 unspecified atom stereocenters. The molecule has 2 atom stereocenters. The van der Waals surface area contributed by atoms with Crippen LogP contribution in [0.4, 0.5) is 11.8 Å². The topological polar surface area (TPSA) is 64.3 Å². The van der Waals surface area contributed by atoms with Crippen LogP contribution in [-0.2, 0) is 4.74 Å². The van der Waals surface area contributed by atoms with Crippen molar-refractivity contribution in [2.24, 2.45) is 5.92 Å². The number of halogens is 1. The minimum Gasteiger partial charge on any atom is -0.383 e. The van der Waals surface area contributed by atoms with Crippen molar-refractivity contribution in [2.75, 3.05) is 30.4 Å². The molecule has 6 heteroatoms. The summed E-state index contributed by atoms with van der Waals surface area (Å²) in [5, 5.41) is 0.892. The highest BCUT2D eigenvalue weighted by atomic mass is 79.9. The van der Waals surface area contributed by atoms with Crippen molar-refractivity contribution in [3.8, 4) is 0 Å². The lowest BCUT2D eigenvalue weighted by Crippen LogP contribution is -2.50. The number of anilines is 2. The van der Waals surface area contributed by atoms with Crippen LogP contribution in [0.1, 0.15) is 12.8 Å². The van der Waals surface area contributed by atoms with E-state index in [2.05, 4.69) is 25.8 Å². The van der Waals surface area contributed by atoms with Crippen LogP contribution in [-0.4, -0.2) is 35.8 Å². The number of nitrogen functional groups attached to an aromatic ring is 1. The molecule has 4 rings (SSSR count). The number of hydrogen-bond acceptors (Lipinski definition) is 5. The van der Waals surface area contributed by atoms with Gasteiger partial charge in [0, 0.05) is 23.0 Å². The van der Waals surface area contributed by atoms with Crippen molar-refractivity contribution in [3.05, 3.63) is 22.7 Å². The van der Waals surface area contributed by atoms with E-state index < -0.39 is 0 Å². The molecule has 5 nitrogen and oxygen atoms in total. The first-order valence-corrected chi connectivity index (χ1v) is 8.08. The Kier molecular flexibility index (Phi) is 3.23. The molecule has 0 amide bonds. The number of aromatic nitrogens is 2. The number of nitrogens with two attached hydrogens (primary N) is 1. The fourth-order valence-corrected chi connectivity index (χ4v) is 3.79. The van der Waals surface area contributed by atoms with Crippen molar-refractivity contribution in [1.29, 1.82) is 0 Å². The van der Waals surface area contributed by atoms with Gasteiger partial charge in [-0.1, -0.05) is 6.07 Å². The second-order valence-electron chi connectivity index (χ2n) is 5.82. The van der Waals surface area contributed by atoms with E-state index in [-0.39, 0.29) is 0 Å². The van der Waals surface area contributed by atoms with Crippen molar-refractivity contribution in [1.82, 2.24) is 9.97 Å². The zero-order valence-corrected chi connectivity index (χ0v) is 13.2. The van der Waals surface area contributed by atoms with E-state index in [4.69, 9.17) is 15.5 Å². The van der Waals surface area contributed by atoms with Gasteiger partial charge in [0.25, 0.3) is 0 Å².